The number of aromatic hydroxyl groups is 1. The molecule has 1 amide bonds. The van der Waals surface area contributed by atoms with Crippen molar-refractivity contribution in [2.24, 2.45) is 0 Å². The number of thioether (sulfide) groups is 1. The van der Waals surface area contributed by atoms with Crippen LogP contribution >= 0.6 is 11.8 Å². The minimum Gasteiger partial charge on any atom is -0.504 e. The van der Waals surface area contributed by atoms with E-state index in [0.717, 1.165) is 11.1 Å². The number of piperazine rings is 1. The zero-order chi connectivity index (χ0) is 39.3. The lowest BCUT2D eigenvalue weighted by atomic mass is 9.73. The molecule has 1 aromatic heterocycles. The number of esters is 2. The fourth-order valence-electron chi connectivity index (χ4n) is 9.33. The lowest BCUT2D eigenvalue weighted by Gasteiger charge is -2.62. The molecule has 0 saturated carbocycles. The van der Waals surface area contributed by atoms with Crippen LogP contribution in [0.4, 0.5) is 0 Å². The Labute approximate surface area is 324 Å². The number of carbonyl (C=O) groups is 3. The third kappa shape index (κ3) is 5.37. The van der Waals surface area contributed by atoms with Gasteiger partial charge in [-0.15, -0.1) is 11.8 Å². The van der Waals surface area contributed by atoms with Crippen LogP contribution in [0.3, 0.4) is 0 Å². The topological polar surface area (TPSA) is 187 Å². The Balaban J connectivity index is 1.22. The number of phenols is 1. The Morgan fingerprint density at radius 3 is 2.55 bits per heavy atom. The first-order chi connectivity index (χ1) is 26.9. The molecule has 6 aliphatic rings. The van der Waals surface area contributed by atoms with Gasteiger partial charge >= 0.3 is 17.6 Å². The normalized spacial score (nSPS) is 26.5. The van der Waals surface area contributed by atoms with Crippen LogP contribution in [0.15, 0.2) is 45.6 Å². The number of amides is 1. The van der Waals surface area contributed by atoms with Gasteiger partial charge in [-0.25, -0.2) is 9.59 Å². The molecule has 56 heavy (non-hydrogen) atoms. The summed E-state index contributed by atoms with van der Waals surface area (Å²) in [5.41, 5.74) is 3.07. The first kappa shape index (κ1) is 36.4. The van der Waals surface area contributed by atoms with Crippen molar-refractivity contribution in [1.82, 2.24) is 15.1 Å². The minimum absolute atomic E-state index is 0.0137. The van der Waals surface area contributed by atoms with E-state index in [1.165, 1.54) is 31.9 Å². The van der Waals surface area contributed by atoms with Gasteiger partial charge in [0.25, 0.3) is 5.91 Å². The monoisotopic (exact) mass is 785 g/mol. The van der Waals surface area contributed by atoms with Crippen LogP contribution in [0.1, 0.15) is 68.0 Å². The Bertz CT molecular complexity index is 2420. The fourth-order valence-corrected chi connectivity index (χ4v) is 10.8. The quantitative estimate of drug-likeness (QED) is 0.155. The first-order valence-electron chi connectivity index (χ1n) is 18.2. The summed E-state index contributed by atoms with van der Waals surface area (Å²) in [6.07, 6.45) is -0.693. The number of aryl methyl sites for hydroxylation is 1. The van der Waals surface area contributed by atoms with E-state index in [2.05, 4.69) is 10.2 Å². The largest absolute Gasteiger partial charge is 0.504 e. The van der Waals surface area contributed by atoms with E-state index < -0.39 is 65.2 Å². The number of aliphatic hydroxyl groups excluding tert-OH is 1. The molecule has 2 fully saturated rings. The van der Waals surface area contributed by atoms with Gasteiger partial charge in [0.1, 0.15) is 35.8 Å². The smallest absolute Gasteiger partial charge is 0.349 e. The maximum atomic E-state index is 14.0. The van der Waals surface area contributed by atoms with Crippen molar-refractivity contribution in [3.05, 3.63) is 85.8 Å². The van der Waals surface area contributed by atoms with E-state index in [1.807, 2.05) is 24.9 Å². The van der Waals surface area contributed by atoms with E-state index >= 15 is 0 Å². The number of fused-ring (bicyclic) bond motifs is 11. The highest BCUT2D eigenvalue weighted by atomic mass is 32.2. The standard InChI is InChI=1S/C40H39N3O12S/c1-16-10-20-12-23-38(47)43-24-13-51-40(49)22(41-37(46)21-11-19-8-6-7-9-25(19)55-39(21)48)14-56-36(30(43)29(42(23)4)26(20)31(45)32(16)50-5)28-27(24)35-34(52-15-53-35)17(2)33(28)54-18(3)44/h6-11,22-24,29-30,36,38,45,47H,12-15H2,1-5H3,(H,41,46)/t22?,23-,24-,29+,30+,36+,38-/m0/s1. The summed E-state index contributed by atoms with van der Waals surface area (Å²) in [7, 11) is 3.40. The molecule has 6 aliphatic heterocycles. The third-order valence-corrected chi connectivity index (χ3v) is 13.1. The van der Waals surface area contributed by atoms with Crippen molar-refractivity contribution in [2.75, 3.05) is 33.3 Å². The van der Waals surface area contributed by atoms with Crippen molar-refractivity contribution < 1.29 is 52.7 Å². The molecular weight excluding hydrogens is 747 g/mol. The Kier molecular flexibility index (Phi) is 8.72. The number of rotatable bonds is 4. The minimum atomic E-state index is -1.24. The second-order valence-corrected chi connectivity index (χ2v) is 15.9. The molecule has 16 heteroatoms. The number of nitrogens with one attached hydrogen (secondary N) is 1. The molecule has 15 nitrogen and oxygen atoms in total. The van der Waals surface area contributed by atoms with Gasteiger partial charge in [0.05, 0.1) is 30.5 Å². The highest BCUT2D eigenvalue weighted by Crippen LogP contribution is 2.63. The van der Waals surface area contributed by atoms with Gasteiger partial charge < -0.3 is 43.6 Å². The van der Waals surface area contributed by atoms with Gasteiger partial charge in [-0.05, 0) is 50.6 Å². The van der Waals surface area contributed by atoms with Gasteiger partial charge in [-0.2, -0.15) is 0 Å². The number of para-hydroxylation sites is 1. The molecule has 10 rings (SSSR count). The SMILES string of the molecule is COc1c(C)cc2c(c1O)[C@@H]1[C@@H]3[C@@H]4SCC(NC(=O)c5cc6ccccc6oc5=O)C(=O)OC[C@@H](c5c6c(c(C)c(OC(C)=O)c54)OCO6)N3[C@@H](O)[C@H](C2)N1C. The van der Waals surface area contributed by atoms with Gasteiger partial charge in [-0.3, -0.25) is 19.4 Å². The summed E-state index contributed by atoms with van der Waals surface area (Å²) < 4.78 is 35.2. The van der Waals surface area contributed by atoms with Crippen LogP contribution in [0.25, 0.3) is 11.0 Å². The lowest BCUT2D eigenvalue weighted by molar-refractivity contribution is -0.184. The molecule has 292 valence electrons. The zero-order valence-corrected chi connectivity index (χ0v) is 31.9. The zero-order valence-electron chi connectivity index (χ0n) is 31.1. The van der Waals surface area contributed by atoms with Crippen molar-refractivity contribution in [3.8, 4) is 28.7 Å². The van der Waals surface area contributed by atoms with Crippen LogP contribution in [0, 0.1) is 13.8 Å². The molecule has 3 aromatic carbocycles. The van der Waals surface area contributed by atoms with E-state index in [9.17, 15) is 29.4 Å². The first-order valence-corrected chi connectivity index (χ1v) is 19.3. The van der Waals surface area contributed by atoms with Gasteiger partial charge in [-0.1, -0.05) is 24.3 Å². The average molecular weight is 786 g/mol. The number of hydrogen-bond acceptors (Lipinski definition) is 15. The number of nitrogens with zero attached hydrogens (tertiary/aromatic N) is 2. The Morgan fingerprint density at radius 2 is 1.79 bits per heavy atom. The maximum Gasteiger partial charge on any atom is 0.349 e. The van der Waals surface area contributed by atoms with Crippen molar-refractivity contribution in [3.63, 3.8) is 0 Å². The van der Waals surface area contributed by atoms with E-state index in [4.69, 9.17) is 28.1 Å². The summed E-state index contributed by atoms with van der Waals surface area (Å²) in [6.45, 7) is 4.52. The molecule has 3 N–H and O–H groups in total. The van der Waals surface area contributed by atoms with E-state index in [1.54, 1.807) is 31.2 Å². The molecule has 0 spiro atoms. The second kappa shape index (κ2) is 13.4. The Morgan fingerprint density at radius 1 is 1.02 bits per heavy atom. The number of carbonyl (C=O) groups excluding carboxylic acids is 3. The summed E-state index contributed by atoms with van der Waals surface area (Å²) in [6, 6.07) is 6.42. The van der Waals surface area contributed by atoms with Crippen LogP contribution in [0.2, 0.25) is 0 Å². The predicted octanol–water partition coefficient (Wildman–Crippen LogP) is 3.56. The van der Waals surface area contributed by atoms with Crippen molar-refractivity contribution in [2.45, 2.75) is 68.9 Å². The maximum absolute atomic E-state index is 14.0. The fraction of sp³-hybridized carbons (Fsp3) is 0.400. The van der Waals surface area contributed by atoms with Crippen LogP contribution in [0.5, 0.6) is 28.7 Å². The van der Waals surface area contributed by atoms with Crippen LogP contribution in [-0.4, -0.2) is 95.5 Å². The molecule has 7 heterocycles. The number of benzene rings is 3. The molecule has 0 aliphatic carbocycles. The molecule has 0 radical (unpaired) electrons. The van der Waals surface area contributed by atoms with Gasteiger partial charge in [0, 0.05) is 46.4 Å². The van der Waals surface area contributed by atoms with Crippen molar-refractivity contribution >= 4 is 40.6 Å². The summed E-state index contributed by atoms with van der Waals surface area (Å²) >= 11 is 1.28. The van der Waals surface area contributed by atoms with Gasteiger partial charge in [0.2, 0.25) is 6.79 Å². The molecular formula is C40H39N3O12S. The number of aliphatic hydroxyl groups is 1. The van der Waals surface area contributed by atoms with Crippen molar-refractivity contribution in [1.29, 1.82) is 0 Å². The number of ether oxygens (including phenoxy) is 5. The van der Waals surface area contributed by atoms with Gasteiger partial charge in [0.15, 0.2) is 23.0 Å². The number of phenolic OH excluding ortho intramolecular Hbond substituents is 1. The van der Waals surface area contributed by atoms with E-state index in [0.29, 0.717) is 56.9 Å². The second-order valence-electron chi connectivity index (χ2n) is 14.7. The van der Waals surface area contributed by atoms with E-state index in [-0.39, 0.29) is 36.2 Å². The molecule has 4 bridgehead atoms. The highest BCUT2D eigenvalue weighted by Gasteiger charge is 2.60. The average Bonchev–Trinajstić information content (AvgIpc) is 3.66. The third-order valence-electron chi connectivity index (χ3n) is 11.7. The lowest BCUT2D eigenvalue weighted by Crippen LogP contribution is -2.69. The molecule has 7 atom stereocenters. The Hall–Kier alpha value is -5.29. The molecule has 2 saturated heterocycles. The molecule has 1 unspecified atom stereocenters. The van der Waals surface area contributed by atoms with Crippen LogP contribution in [-0.2, 0) is 20.7 Å². The number of likely N-dealkylation sites (N-methyl/N-ethyl adjacent to an activating group) is 1. The predicted molar refractivity (Wildman–Crippen MR) is 200 cm³/mol. The highest BCUT2D eigenvalue weighted by molar-refractivity contribution is 7.99. The summed E-state index contributed by atoms with van der Waals surface area (Å²) in [4.78, 5) is 57.4. The molecule has 4 aromatic rings. The van der Waals surface area contributed by atoms with Crippen LogP contribution < -0.4 is 29.9 Å². The summed E-state index contributed by atoms with van der Waals surface area (Å²) in [5.74, 6) is -0.874. The number of hydrogen-bond donors (Lipinski definition) is 3. The number of methoxy groups -OCH3 is 1. The summed E-state index contributed by atoms with van der Waals surface area (Å²) in [5, 5.41) is 26.9.